The lowest BCUT2D eigenvalue weighted by Gasteiger charge is -2.09. The van der Waals surface area contributed by atoms with E-state index >= 15 is 0 Å². The number of carbonyl (C=O) groups excluding carboxylic acids is 1. The average molecular weight is 412 g/mol. The zero-order valence-electron chi connectivity index (χ0n) is 15.5. The third kappa shape index (κ3) is 3.69. The van der Waals surface area contributed by atoms with Gasteiger partial charge in [-0.05, 0) is 42.5 Å². The third-order valence-corrected chi connectivity index (χ3v) is 4.57. The Kier molecular flexibility index (Phi) is 5.09. The van der Waals surface area contributed by atoms with Crippen LogP contribution in [0.3, 0.4) is 0 Å². The van der Waals surface area contributed by atoms with Crippen molar-refractivity contribution in [3.63, 3.8) is 0 Å². The van der Waals surface area contributed by atoms with Crippen LogP contribution in [0.15, 0.2) is 65.7 Å². The van der Waals surface area contributed by atoms with Crippen LogP contribution in [-0.2, 0) is 6.54 Å². The number of benzene rings is 2. The number of carbonyl (C=O) groups is 1. The van der Waals surface area contributed by atoms with Gasteiger partial charge in [-0.3, -0.25) is 9.59 Å². The van der Waals surface area contributed by atoms with Crippen LogP contribution in [0, 0.1) is 17.5 Å². The van der Waals surface area contributed by atoms with Crippen molar-refractivity contribution in [3.8, 4) is 11.3 Å². The number of nitrogens with zero attached hydrogens (tertiary/aromatic N) is 3. The second-order valence-electron chi connectivity index (χ2n) is 6.52. The fraction of sp³-hybridized carbons (Fsp3) is 0.0952. The van der Waals surface area contributed by atoms with Crippen molar-refractivity contribution in [2.24, 2.45) is 0 Å². The highest BCUT2D eigenvalue weighted by molar-refractivity contribution is 5.94. The van der Waals surface area contributed by atoms with Crippen molar-refractivity contribution in [2.75, 3.05) is 6.54 Å². The van der Waals surface area contributed by atoms with E-state index in [-0.39, 0.29) is 24.5 Å². The molecule has 0 aliphatic rings. The summed E-state index contributed by atoms with van der Waals surface area (Å²) in [5.41, 5.74) is 0.436. The summed E-state index contributed by atoms with van der Waals surface area (Å²) in [6, 6.07) is 10.5. The molecule has 9 heteroatoms. The minimum atomic E-state index is -0.960. The molecule has 0 saturated heterocycles. The maximum absolute atomic E-state index is 13.7. The Bertz CT molecular complexity index is 1280. The molecule has 30 heavy (non-hydrogen) atoms. The smallest absolute Gasteiger partial charge is 0.276 e. The SMILES string of the molecule is O=C(NCCn1ccn2nc(-c3ccc(F)cc3)cc2c1=O)c1c(F)cccc1F. The van der Waals surface area contributed by atoms with Crippen LogP contribution < -0.4 is 10.9 Å². The van der Waals surface area contributed by atoms with Crippen molar-refractivity contribution < 1.29 is 18.0 Å². The maximum Gasteiger partial charge on any atom is 0.276 e. The summed E-state index contributed by atoms with van der Waals surface area (Å²) in [6.07, 6.45) is 3.06. The van der Waals surface area contributed by atoms with Gasteiger partial charge in [0.05, 0.1) is 5.69 Å². The fourth-order valence-corrected chi connectivity index (χ4v) is 3.06. The molecular formula is C21H15F3N4O2. The molecule has 0 spiro atoms. The van der Waals surface area contributed by atoms with Gasteiger partial charge >= 0.3 is 0 Å². The summed E-state index contributed by atoms with van der Waals surface area (Å²) in [5, 5.41) is 6.71. The lowest BCUT2D eigenvalue weighted by molar-refractivity contribution is 0.0943. The molecule has 6 nitrogen and oxygen atoms in total. The van der Waals surface area contributed by atoms with Gasteiger partial charge in [0, 0.05) is 31.0 Å². The van der Waals surface area contributed by atoms with Crippen LogP contribution in [0.2, 0.25) is 0 Å². The third-order valence-electron chi connectivity index (χ3n) is 4.57. The molecule has 4 aromatic rings. The predicted octanol–water partition coefficient (Wildman–Crippen LogP) is 3.01. The van der Waals surface area contributed by atoms with Crippen molar-refractivity contribution in [2.45, 2.75) is 6.54 Å². The van der Waals surface area contributed by atoms with Crippen LogP contribution in [0.1, 0.15) is 10.4 Å². The molecule has 2 heterocycles. The standard InChI is InChI=1S/C21H15F3N4O2/c22-14-6-4-13(5-7-14)17-12-18-21(30)27(10-11-28(18)26-17)9-8-25-20(29)19-15(23)2-1-3-16(19)24/h1-7,10-12H,8-9H2,(H,25,29). The van der Waals surface area contributed by atoms with E-state index in [0.717, 1.165) is 12.1 Å². The van der Waals surface area contributed by atoms with Gasteiger partial charge in [-0.2, -0.15) is 5.10 Å². The molecule has 152 valence electrons. The van der Waals surface area contributed by atoms with E-state index in [9.17, 15) is 22.8 Å². The summed E-state index contributed by atoms with van der Waals surface area (Å²) in [5.74, 6) is -3.19. The van der Waals surface area contributed by atoms with Gasteiger partial charge in [0.25, 0.3) is 11.5 Å². The molecule has 1 N–H and O–H groups in total. The Morgan fingerprint density at radius 1 is 1.00 bits per heavy atom. The molecule has 0 atom stereocenters. The van der Waals surface area contributed by atoms with Gasteiger partial charge in [-0.25, -0.2) is 17.7 Å². The largest absolute Gasteiger partial charge is 0.350 e. The second kappa shape index (κ2) is 7.86. The summed E-state index contributed by atoms with van der Waals surface area (Å²) in [6.45, 7) is 0.0792. The summed E-state index contributed by atoms with van der Waals surface area (Å²) in [4.78, 5) is 24.7. The zero-order valence-corrected chi connectivity index (χ0v) is 15.5. The first-order chi connectivity index (χ1) is 14.4. The van der Waals surface area contributed by atoms with Gasteiger partial charge in [0.2, 0.25) is 0 Å². The van der Waals surface area contributed by atoms with Crippen molar-refractivity contribution >= 4 is 11.4 Å². The minimum Gasteiger partial charge on any atom is -0.350 e. The highest BCUT2D eigenvalue weighted by Gasteiger charge is 2.16. The highest BCUT2D eigenvalue weighted by atomic mass is 19.1. The predicted molar refractivity (Wildman–Crippen MR) is 104 cm³/mol. The van der Waals surface area contributed by atoms with E-state index in [0.29, 0.717) is 16.8 Å². The number of rotatable bonds is 5. The van der Waals surface area contributed by atoms with Crippen molar-refractivity contribution in [1.29, 1.82) is 0 Å². The number of nitrogens with one attached hydrogen (secondary N) is 1. The monoisotopic (exact) mass is 412 g/mol. The Morgan fingerprint density at radius 2 is 1.70 bits per heavy atom. The number of amides is 1. The van der Waals surface area contributed by atoms with Crippen molar-refractivity contribution in [1.82, 2.24) is 19.5 Å². The van der Waals surface area contributed by atoms with Crippen molar-refractivity contribution in [3.05, 3.63) is 94.3 Å². The molecule has 1 amide bonds. The normalized spacial score (nSPS) is 11.0. The van der Waals surface area contributed by atoms with Crippen LogP contribution in [0.5, 0.6) is 0 Å². The van der Waals surface area contributed by atoms with Gasteiger partial charge in [-0.15, -0.1) is 0 Å². The first kappa shape index (κ1) is 19.4. The number of hydrogen-bond donors (Lipinski definition) is 1. The minimum absolute atomic E-state index is 0.0123. The van der Waals surface area contributed by atoms with Gasteiger partial charge in [0.1, 0.15) is 28.5 Å². The Hall–Kier alpha value is -3.88. The molecule has 4 rings (SSSR count). The summed E-state index contributed by atoms with van der Waals surface area (Å²) < 4.78 is 43.2. The molecule has 0 aliphatic carbocycles. The summed E-state index contributed by atoms with van der Waals surface area (Å²) in [7, 11) is 0. The van der Waals surface area contributed by atoms with Crippen LogP contribution in [0.4, 0.5) is 13.2 Å². The van der Waals surface area contributed by atoms with E-state index in [1.807, 2.05) is 0 Å². The van der Waals surface area contributed by atoms with E-state index in [2.05, 4.69) is 10.4 Å². The van der Waals surface area contributed by atoms with Crippen LogP contribution >= 0.6 is 0 Å². The topological polar surface area (TPSA) is 68.4 Å². The lowest BCUT2D eigenvalue weighted by atomic mass is 10.1. The van der Waals surface area contributed by atoms with Gasteiger partial charge in [-0.1, -0.05) is 6.07 Å². The second-order valence-corrected chi connectivity index (χ2v) is 6.52. The molecule has 2 aromatic heterocycles. The van der Waals surface area contributed by atoms with E-state index in [1.54, 1.807) is 24.4 Å². The first-order valence-corrected chi connectivity index (χ1v) is 9.01. The van der Waals surface area contributed by atoms with Crippen LogP contribution in [-0.4, -0.2) is 26.6 Å². The van der Waals surface area contributed by atoms with Crippen LogP contribution in [0.25, 0.3) is 16.8 Å². The molecule has 0 unspecified atom stereocenters. The van der Waals surface area contributed by atoms with E-state index < -0.39 is 23.1 Å². The van der Waals surface area contributed by atoms with E-state index in [1.165, 1.54) is 33.5 Å². The quantitative estimate of drug-likeness (QED) is 0.548. The first-order valence-electron chi connectivity index (χ1n) is 9.01. The molecule has 0 aliphatic heterocycles. The number of aromatic nitrogens is 3. The molecule has 0 saturated carbocycles. The van der Waals surface area contributed by atoms with Gasteiger partial charge in [0.15, 0.2) is 0 Å². The molecule has 2 aromatic carbocycles. The fourth-order valence-electron chi connectivity index (χ4n) is 3.06. The lowest BCUT2D eigenvalue weighted by Crippen LogP contribution is -2.32. The van der Waals surface area contributed by atoms with E-state index in [4.69, 9.17) is 0 Å². The molecule has 0 fully saturated rings. The Labute approximate surface area is 168 Å². The highest BCUT2D eigenvalue weighted by Crippen LogP contribution is 2.18. The average Bonchev–Trinajstić information content (AvgIpc) is 3.15. The number of halogens is 3. The van der Waals surface area contributed by atoms with Gasteiger partial charge < -0.3 is 9.88 Å². The number of fused-ring (bicyclic) bond motifs is 1. The summed E-state index contributed by atoms with van der Waals surface area (Å²) >= 11 is 0. The molecule has 0 radical (unpaired) electrons. The zero-order chi connectivity index (χ0) is 21.3. The Morgan fingerprint density at radius 3 is 2.40 bits per heavy atom. The Balaban J connectivity index is 1.51. The number of hydrogen-bond acceptors (Lipinski definition) is 3. The molecular weight excluding hydrogens is 397 g/mol. The maximum atomic E-state index is 13.7. The molecule has 0 bridgehead atoms.